The van der Waals surface area contributed by atoms with Gasteiger partial charge in [-0.25, -0.2) is 9.37 Å². The summed E-state index contributed by atoms with van der Waals surface area (Å²) in [5.74, 6) is 0.00333. The van der Waals surface area contributed by atoms with Crippen molar-refractivity contribution < 1.29 is 4.39 Å². The van der Waals surface area contributed by atoms with Crippen LogP contribution in [-0.2, 0) is 7.05 Å². The van der Waals surface area contributed by atoms with E-state index in [0.29, 0.717) is 11.4 Å². The molecule has 0 aliphatic carbocycles. The maximum Gasteiger partial charge on any atom is 0.168 e. The highest BCUT2D eigenvalue weighted by Crippen LogP contribution is 2.15. The molecule has 0 bridgehead atoms. The molecule has 1 rings (SSSR count). The Balaban J connectivity index is 3.08. The predicted molar refractivity (Wildman–Crippen MR) is 51.8 cm³/mol. The summed E-state index contributed by atoms with van der Waals surface area (Å²) in [6.07, 6.45) is 3.16. The summed E-state index contributed by atoms with van der Waals surface area (Å²) in [6.45, 7) is 7.18. The first-order valence-corrected chi connectivity index (χ1v) is 4.03. The van der Waals surface area contributed by atoms with Gasteiger partial charge in [-0.15, -0.1) is 0 Å². The van der Waals surface area contributed by atoms with Crippen molar-refractivity contribution in [2.75, 3.05) is 0 Å². The van der Waals surface area contributed by atoms with Gasteiger partial charge in [0.25, 0.3) is 0 Å². The smallest absolute Gasteiger partial charge is 0.168 e. The van der Waals surface area contributed by atoms with Gasteiger partial charge in [-0.05, 0) is 19.9 Å². The number of hydrogen-bond donors (Lipinski definition) is 0. The van der Waals surface area contributed by atoms with E-state index >= 15 is 0 Å². The maximum absolute atomic E-state index is 13.4. The second kappa shape index (κ2) is 3.56. The molecule has 1 heterocycles. The lowest BCUT2D eigenvalue weighted by Crippen LogP contribution is -1.93. The molecule has 0 atom stereocenters. The van der Waals surface area contributed by atoms with Crippen molar-refractivity contribution in [2.24, 2.45) is 7.05 Å². The molecule has 0 aliphatic rings. The number of imidazole rings is 1. The van der Waals surface area contributed by atoms with Gasteiger partial charge in [0.05, 0.1) is 5.69 Å². The summed E-state index contributed by atoms with van der Waals surface area (Å²) < 4.78 is 15.0. The fourth-order valence-corrected chi connectivity index (χ4v) is 1.12. The summed E-state index contributed by atoms with van der Waals surface area (Å²) in [5.41, 5.74) is 1.49. The fraction of sp³-hybridized carbons (Fsp3) is 0.300. The van der Waals surface area contributed by atoms with Crippen LogP contribution in [0.25, 0.3) is 5.83 Å². The quantitative estimate of drug-likeness (QED) is 0.640. The van der Waals surface area contributed by atoms with Gasteiger partial charge < -0.3 is 4.57 Å². The van der Waals surface area contributed by atoms with Crippen LogP contribution in [0.4, 0.5) is 4.39 Å². The van der Waals surface area contributed by atoms with Crippen LogP contribution in [0.3, 0.4) is 0 Å². The molecule has 0 unspecified atom stereocenters. The molecule has 0 spiro atoms. The van der Waals surface area contributed by atoms with Gasteiger partial charge in [-0.1, -0.05) is 12.2 Å². The van der Waals surface area contributed by atoms with Crippen molar-refractivity contribution in [2.45, 2.75) is 13.8 Å². The minimum Gasteiger partial charge on any atom is -0.332 e. The lowest BCUT2D eigenvalue weighted by Gasteiger charge is -1.97. The largest absolute Gasteiger partial charge is 0.332 e. The van der Waals surface area contributed by atoms with Crippen LogP contribution < -0.4 is 0 Å². The molecule has 0 aromatic carbocycles. The molecule has 2 nitrogen and oxygen atoms in total. The van der Waals surface area contributed by atoms with Crippen LogP contribution in [0, 0.1) is 6.92 Å². The third kappa shape index (κ3) is 2.28. The molecule has 13 heavy (non-hydrogen) atoms. The third-order valence-electron chi connectivity index (χ3n) is 1.58. The van der Waals surface area contributed by atoms with Crippen LogP contribution in [-0.4, -0.2) is 9.55 Å². The molecule has 0 N–H and O–H groups in total. The van der Waals surface area contributed by atoms with E-state index < -0.39 is 0 Å². The topological polar surface area (TPSA) is 17.8 Å². The first-order chi connectivity index (χ1) is 6.00. The van der Waals surface area contributed by atoms with Gasteiger partial charge >= 0.3 is 0 Å². The van der Waals surface area contributed by atoms with E-state index in [0.717, 1.165) is 5.69 Å². The standard InChI is InChI=1S/C10H13FN2/c1-7(2)5-9(11)10-12-8(3)6-13(10)4/h5-6H,1H2,2-4H3/b9-5+. The molecule has 0 amide bonds. The molecular formula is C10H13FN2. The number of halogens is 1. The average molecular weight is 180 g/mol. The predicted octanol–water partition coefficient (Wildman–Crippen LogP) is 2.62. The average Bonchev–Trinajstić information content (AvgIpc) is 2.28. The number of rotatable bonds is 2. The molecule has 0 aliphatic heterocycles. The van der Waals surface area contributed by atoms with E-state index in [4.69, 9.17) is 0 Å². The van der Waals surface area contributed by atoms with Crippen LogP contribution in [0.1, 0.15) is 18.4 Å². The summed E-state index contributed by atoms with van der Waals surface area (Å²) in [7, 11) is 1.77. The Kier molecular flexibility index (Phi) is 2.66. The first kappa shape index (κ1) is 9.71. The monoisotopic (exact) mass is 180 g/mol. The van der Waals surface area contributed by atoms with Gasteiger partial charge in [0, 0.05) is 13.2 Å². The highest BCUT2D eigenvalue weighted by atomic mass is 19.1. The number of aryl methyl sites for hydroxylation is 2. The summed E-state index contributed by atoms with van der Waals surface area (Å²) in [6, 6.07) is 0. The number of allylic oxidation sites excluding steroid dienone is 2. The van der Waals surface area contributed by atoms with Crippen molar-refractivity contribution in [1.29, 1.82) is 0 Å². The second-order valence-electron chi connectivity index (χ2n) is 3.16. The van der Waals surface area contributed by atoms with E-state index in [1.54, 1.807) is 24.7 Å². The zero-order chi connectivity index (χ0) is 10.0. The first-order valence-electron chi connectivity index (χ1n) is 4.03. The van der Waals surface area contributed by atoms with E-state index in [1.807, 2.05) is 6.92 Å². The Morgan fingerprint density at radius 1 is 1.69 bits per heavy atom. The van der Waals surface area contributed by atoms with Crippen molar-refractivity contribution in [3.63, 3.8) is 0 Å². The van der Waals surface area contributed by atoms with Gasteiger partial charge in [0.15, 0.2) is 11.7 Å². The van der Waals surface area contributed by atoms with Gasteiger partial charge in [-0.2, -0.15) is 0 Å². The van der Waals surface area contributed by atoms with E-state index in [2.05, 4.69) is 11.6 Å². The minimum absolute atomic E-state index is 0.344. The second-order valence-corrected chi connectivity index (χ2v) is 3.16. The Bertz CT molecular complexity index is 361. The summed E-state index contributed by atoms with van der Waals surface area (Å²) >= 11 is 0. The molecule has 0 saturated carbocycles. The number of nitrogens with zero attached hydrogens (tertiary/aromatic N) is 2. The molecule has 1 aromatic heterocycles. The van der Waals surface area contributed by atoms with E-state index in [-0.39, 0.29) is 5.83 Å². The maximum atomic E-state index is 13.4. The summed E-state index contributed by atoms with van der Waals surface area (Å²) in [4.78, 5) is 4.04. The third-order valence-corrected chi connectivity index (χ3v) is 1.58. The molecular weight excluding hydrogens is 167 g/mol. The van der Waals surface area contributed by atoms with Crippen molar-refractivity contribution in [3.8, 4) is 0 Å². The van der Waals surface area contributed by atoms with Crippen LogP contribution in [0.15, 0.2) is 24.4 Å². The van der Waals surface area contributed by atoms with E-state index in [9.17, 15) is 4.39 Å². The minimum atomic E-state index is -0.344. The van der Waals surface area contributed by atoms with Crippen molar-refractivity contribution >= 4 is 5.83 Å². The molecule has 1 aromatic rings. The van der Waals surface area contributed by atoms with E-state index in [1.165, 1.54) is 6.08 Å². The molecule has 70 valence electrons. The Hall–Kier alpha value is -1.38. The van der Waals surface area contributed by atoms with Crippen molar-refractivity contribution in [1.82, 2.24) is 9.55 Å². The Labute approximate surface area is 77.4 Å². The number of aromatic nitrogens is 2. The SMILES string of the molecule is C=C(C)/C=C(/F)c1nc(C)cn1C. The zero-order valence-electron chi connectivity index (χ0n) is 8.13. The molecule has 3 heteroatoms. The highest BCUT2D eigenvalue weighted by molar-refractivity contribution is 5.56. The van der Waals surface area contributed by atoms with Crippen LogP contribution >= 0.6 is 0 Å². The lowest BCUT2D eigenvalue weighted by molar-refractivity contribution is 0.722. The lowest BCUT2D eigenvalue weighted by atomic mass is 10.3. The van der Waals surface area contributed by atoms with Crippen LogP contribution in [0.2, 0.25) is 0 Å². The van der Waals surface area contributed by atoms with Crippen molar-refractivity contribution in [3.05, 3.63) is 35.9 Å². The molecule has 0 fully saturated rings. The fourth-order valence-electron chi connectivity index (χ4n) is 1.12. The van der Waals surface area contributed by atoms with Gasteiger partial charge in [0.2, 0.25) is 0 Å². The van der Waals surface area contributed by atoms with Gasteiger partial charge in [0.1, 0.15) is 0 Å². The zero-order valence-corrected chi connectivity index (χ0v) is 8.13. The summed E-state index contributed by atoms with van der Waals surface area (Å²) in [5, 5.41) is 0. The Morgan fingerprint density at radius 2 is 2.31 bits per heavy atom. The Morgan fingerprint density at radius 3 is 2.69 bits per heavy atom. The van der Waals surface area contributed by atoms with Gasteiger partial charge in [-0.3, -0.25) is 0 Å². The molecule has 0 radical (unpaired) electrons. The number of hydrogen-bond acceptors (Lipinski definition) is 1. The molecule has 0 saturated heterocycles. The normalized spacial score (nSPS) is 11.8. The highest BCUT2D eigenvalue weighted by Gasteiger charge is 2.07. The van der Waals surface area contributed by atoms with Crippen LogP contribution in [0.5, 0.6) is 0 Å².